The third-order valence-corrected chi connectivity index (χ3v) is 17.2. The van der Waals surface area contributed by atoms with Gasteiger partial charge in [-0.25, -0.2) is 0 Å². The summed E-state index contributed by atoms with van der Waals surface area (Å²) in [5.41, 5.74) is 2.74. The maximum atomic E-state index is 6.52. The topological polar surface area (TPSA) is 21.7 Å². The van der Waals surface area contributed by atoms with E-state index in [2.05, 4.69) is 104 Å². The summed E-state index contributed by atoms with van der Waals surface area (Å²) >= 11 is 0. The number of anilines is 1. The Hall–Kier alpha value is -0.626. The van der Waals surface area contributed by atoms with Gasteiger partial charge in [-0.2, -0.15) is 0 Å². The summed E-state index contributed by atoms with van der Waals surface area (Å²) in [6.07, 6.45) is 7.86. The number of hydrogen-bond acceptors (Lipinski definition) is 3. The monoisotopic (exact) mass is 507 g/mol. The fraction of sp³-hybridized carbons (Fsp3) is 0.793. The number of aryl methyl sites for hydroxylation is 1. The maximum Gasteiger partial charge on any atom is 0.192 e. The number of nitrogens with zero attached hydrogens (tertiary/aromatic N) is 1. The fourth-order valence-corrected chi connectivity index (χ4v) is 5.50. The van der Waals surface area contributed by atoms with E-state index < -0.39 is 16.6 Å². The Morgan fingerprint density at radius 1 is 0.676 bits per heavy atom. The molecule has 0 unspecified atom stereocenters. The quantitative estimate of drug-likeness (QED) is 0.174. The molecule has 0 saturated carbocycles. The summed E-state index contributed by atoms with van der Waals surface area (Å²) in [5, 5.41) is 0.476. The van der Waals surface area contributed by atoms with Gasteiger partial charge in [-0.1, -0.05) is 86.3 Å². The van der Waals surface area contributed by atoms with E-state index in [9.17, 15) is 0 Å². The summed E-state index contributed by atoms with van der Waals surface area (Å²) in [5.74, 6) is 0. The highest BCUT2D eigenvalue weighted by Crippen LogP contribution is 2.37. The highest BCUT2D eigenvalue weighted by molar-refractivity contribution is 6.74. The first-order valence-electron chi connectivity index (χ1n) is 13.7. The van der Waals surface area contributed by atoms with Crippen LogP contribution in [-0.2, 0) is 15.3 Å². The summed E-state index contributed by atoms with van der Waals surface area (Å²) in [6, 6.07) is 9.26. The largest absolute Gasteiger partial charge is 0.415 e. The molecule has 0 radical (unpaired) electrons. The molecule has 0 saturated heterocycles. The molecule has 0 spiro atoms. The molecule has 34 heavy (non-hydrogen) atoms. The van der Waals surface area contributed by atoms with E-state index in [1.165, 1.54) is 49.8 Å². The van der Waals surface area contributed by atoms with Gasteiger partial charge in [0, 0.05) is 18.8 Å². The molecule has 0 atom stereocenters. The van der Waals surface area contributed by atoms with E-state index in [0.29, 0.717) is 0 Å². The van der Waals surface area contributed by atoms with Gasteiger partial charge in [-0.15, -0.1) is 0 Å². The third-order valence-electron chi connectivity index (χ3n) is 8.13. The van der Waals surface area contributed by atoms with Crippen molar-refractivity contribution in [2.75, 3.05) is 31.2 Å². The highest BCUT2D eigenvalue weighted by Gasteiger charge is 2.38. The van der Waals surface area contributed by atoms with Crippen LogP contribution in [0.1, 0.15) is 86.1 Å². The first-order chi connectivity index (χ1) is 15.6. The minimum Gasteiger partial charge on any atom is -0.415 e. The summed E-state index contributed by atoms with van der Waals surface area (Å²) in [4.78, 5) is 2.46. The van der Waals surface area contributed by atoms with Gasteiger partial charge in [-0.3, -0.25) is 0 Å². The fourth-order valence-electron chi connectivity index (χ4n) is 3.43. The summed E-state index contributed by atoms with van der Waals surface area (Å²) < 4.78 is 13.0. The van der Waals surface area contributed by atoms with E-state index >= 15 is 0 Å². The van der Waals surface area contributed by atoms with Crippen LogP contribution in [0.2, 0.25) is 36.3 Å². The zero-order valence-electron chi connectivity index (χ0n) is 24.6. The van der Waals surface area contributed by atoms with Crippen LogP contribution in [0.4, 0.5) is 5.69 Å². The predicted octanol–water partition coefficient (Wildman–Crippen LogP) is 9.05. The average Bonchev–Trinajstić information content (AvgIpc) is 2.71. The standard InChI is InChI=1S/C29H57NO2Si2/c1-12-13-14-15-16-17-26-18-20-27(21-19-26)30(22-24-31-33(8,9)28(2,3)4)23-25-32-34(10,11)29(5,6)7/h18-21H,12-17,22-25H2,1-11H3. The third kappa shape index (κ3) is 10.6. The van der Waals surface area contributed by atoms with Gasteiger partial charge >= 0.3 is 0 Å². The molecule has 0 bridgehead atoms. The van der Waals surface area contributed by atoms with Crippen LogP contribution in [0.3, 0.4) is 0 Å². The molecule has 0 aliphatic rings. The molecule has 0 heterocycles. The van der Waals surface area contributed by atoms with Crippen LogP contribution < -0.4 is 4.90 Å². The maximum absolute atomic E-state index is 6.52. The summed E-state index contributed by atoms with van der Waals surface area (Å²) in [6.45, 7) is 28.9. The van der Waals surface area contributed by atoms with Gasteiger partial charge in [0.05, 0.1) is 13.2 Å². The lowest BCUT2D eigenvalue weighted by molar-refractivity contribution is 0.276. The second-order valence-electron chi connectivity index (χ2n) is 13.0. The molecule has 3 nitrogen and oxygen atoms in total. The van der Waals surface area contributed by atoms with E-state index in [0.717, 1.165) is 26.3 Å². The molecule has 0 aromatic heterocycles. The van der Waals surface area contributed by atoms with Crippen molar-refractivity contribution < 1.29 is 8.85 Å². The van der Waals surface area contributed by atoms with Crippen LogP contribution in [0.5, 0.6) is 0 Å². The molecule has 0 fully saturated rings. The molecule has 1 aromatic rings. The van der Waals surface area contributed by atoms with Gasteiger partial charge in [0.1, 0.15) is 0 Å². The van der Waals surface area contributed by atoms with E-state index in [1.54, 1.807) is 0 Å². The van der Waals surface area contributed by atoms with Crippen molar-refractivity contribution in [3.63, 3.8) is 0 Å². The number of benzene rings is 1. The lowest BCUT2D eigenvalue weighted by Crippen LogP contribution is -2.44. The molecular formula is C29H57NO2Si2. The molecule has 5 heteroatoms. The van der Waals surface area contributed by atoms with Crippen molar-refractivity contribution >= 4 is 22.3 Å². The van der Waals surface area contributed by atoms with E-state index in [1.807, 2.05) is 0 Å². The Labute approximate surface area is 215 Å². The Balaban J connectivity index is 2.80. The smallest absolute Gasteiger partial charge is 0.192 e. The van der Waals surface area contributed by atoms with Crippen molar-refractivity contribution in [1.82, 2.24) is 0 Å². The second-order valence-corrected chi connectivity index (χ2v) is 22.7. The molecule has 0 aliphatic carbocycles. The second kappa shape index (κ2) is 13.6. The van der Waals surface area contributed by atoms with Crippen molar-refractivity contribution in [3.05, 3.63) is 29.8 Å². The molecule has 0 amide bonds. The zero-order chi connectivity index (χ0) is 26.0. The lowest BCUT2D eigenvalue weighted by Gasteiger charge is -2.38. The average molecular weight is 508 g/mol. The van der Waals surface area contributed by atoms with E-state index in [-0.39, 0.29) is 10.1 Å². The SMILES string of the molecule is CCCCCCCc1ccc(N(CCO[Si](C)(C)C(C)(C)C)CCO[Si](C)(C)C(C)(C)C)cc1. The molecule has 1 rings (SSSR count). The van der Waals surface area contributed by atoms with E-state index in [4.69, 9.17) is 8.85 Å². The van der Waals surface area contributed by atoms with Gasteiger partial charge < -0.3 is 13.8 Å². The minimum absolute atomic E-state index is 0.238. The van der Waals surface area contributed by atoms with Crippen molar-refractivity contribution in [2.45, 2.75) is 123 Å². The molecule has 0 aliphatic heterocycles. The van der Waals surface area contributed by atoms with Gasteiger partial charge in [0.15, 0.2) is 16.6 Å². The van der Waals surface area contributed by atoms with Gasteiger partial charge in [0.25, 0.3) is 0 Å². The lowest BCUT2D eigenvalue weighted by atomic mass is 10.1. The zero-order valence-corrected chi connectivity index (χ0v) is 26.6. The Morgan fingerprint density at radius 3 is 1.53 bits per heavy atom. The predicted molar refractivity (Wildman–Crippen MR) is 157 cm³/mol. The van der Waals surface area contributed by atoms with Gasteiger partial charge in [0.2, 0.25) is 0 Å². The Kier molecular flexibility index (Phi) is 12.6. The van der Waals surface area contributed by atoms with Gasteiger partial charge in [-0.05, 0) is 66.8 Å². The van der Waals surface area contributed by atoms with Crippen molar-refractivity contribution in [1.29, 1.82) is 0 Å². The number of rotatable bonds is 15. The number of unbranched alkanes of at least 4 members (excludes halogenated alkanes) is 4. The van der Waals surface area contributed by atoms with Crippen LogP contribution in [0.25, 0.3) is 0 Å². The first-order valence-corrected chi connectivity index (χ1v) is 19.5. The first kappa shape index (κ1) is 31.4. The van der Waals surface area contributed by atoms with Crippen molar-refractivity contribution in [2.24, 2.45) is 0 Å². The normalized spacial score (nSPS) is 13.4. The van der Waals surface area contributed by atoms with Crippen LogP contribution in [0, 0.1) is 0 Å². The number of hydrogen-bond donors (Lipinski definition) is 0. The Bertz CT molecular complexity index is 656. The molecular weight excluding hydrogens is 450 g/mol. The molecule has 0 N–H and O–H groups in total. The van der Waals surface area contributed by atoms with Crippen LogP contribution in [0.15, 0.2) is 24.3 Å². The molecule has 198 valence electrons. The van der Waals surface area contributed by atoms with Crippen molar-refractivity contribution in [3.8, 4) is 0 Å². The summed E-state index contributed by atoms with van der Waals surface area (Å²) in [7, 11) is -3.49. The van der Waals surface area contributed by atoms with Crippen LogP contribution >= 0.6 is 0 Å². The minimum atomic E-state index is -1.74. The van der Waals surface area contributed by atoms with Crippen LogP contribution in [-0.4, -0.2) is 42.9 Å². The molecule has 1 aromatic carbocycles. The Morgan fingerprint density at radius 2 is 1.12 bits per heavy atom. The highest BCUT2D eigenvalue weighted by atomic mass is 28.4.